The van der Waals surface area contributed by atoms with Crippen molar-refractivity contribution in [1.82, 2.24) is 14.9 Å². The number of hydrogen-bond acceptors (Lipinski definition) is 9. The Kier molecular flexibility index (Phi) is 8.74. The van der Waals surface area contributed by atoms with Crippen LogP contribution in [0.2, 0.25) is 5.02 Å². The molecule has 226 valence electrons. The molecular weight excluding hydrogens is 596 g/mol. The van der Waals surface area contributed by atoms with Crippen molar-refractivity contribution < 1.29 is 41.7 Å². The van der Waals surface area contributed by atoms with E-state index in [0.717, 1.165) is 13.1 Å². The summed E-state index contributed by atoms with van der Waals surface area (Å²) in [4.78, 5) is 21.7. The van der Waals surface area contributed by atoms with Crippen LogP contribution in [0, 0.1) is 5.82 Å². The minimum atomic E-state index is -5.29. The number of fused-ring (bicyclic) bond motifs is 1. The second-order valence-electron chi connectivity index (χ2n) is 9.89. The van der Waals surface area contributed by atoms with E-state index in [-0.39, 0.29) is 46.0 Å². The van der Waals surface area contributed by atoms with Gasteiger partial charge in [-0.2, -0.15) is 23.1 Å². The van der Waals surface area contributed by atoms with E-state index in [1.807, 2.05) is 7.05 Å². The topological polar surface area (TPSA) is 106 Å². The Morgan fingerprint density at radius 3 is 2.56 bits per heavy atom. The SMILES string of the molecule is CN1CCC(Oc2cc(O)cc3nc(OC(=O)C(F)(F)F)nc(Nc4ccc(OCc5cccc(F)c5)c(Cl)c4)c23)CC1. The van der Waals surface area contributed by atoms with Crippen LogP contribution >= 0.6 is 11.6 Å². The molecule has 0 atom stereocenters. The van der Waals surface area contributed by atoms with E-state index in [9.17, 15) is 27.5 Å². The van der Waals surface area contributed by atoms with Gasteiger partial charge < -0.3 is 29.5 Å². The third-order valence-corrected chi connectivity index (χ3v) is 6.87. The summed E-state index contributed by atoms with van der Waals surface area (Å²) < 4.78 is 68.6. The number of ether oxygens (including phenoxy) is 3. The van der Waals surface area contributed by atoms with E-state index >= 15 is 0 Å². The molecule has 1 aromatic heterocycles. The maximum Gasteiger partial charge on any atom is 0.491 e. The number of benzene rings is 3. The van der Waals surface area contributed by atoms with Gasteiger partial charge in [-0.25, -0.2) is 9.18 Å². The Morgan fingerprint density at radius 2 is 1.86 bits per heavy atom. The molecule has 0 aliphatic carbocycles. The van der Waals surface area contributed by atoms with Gasteiger partial charge in [-0.1, -0.05) is 23.7 Å². The highest BCUT2D eigenvalue weighted by Gasteiger charge is 2.42. The summed E-state index contributed by atoms with van der Waals surface area (Å²) in [5.74, 6) is -2.78. The standard InChI is InChI=1S/C29H25ClF4N4O5/c1-38-9-7-20(8-10-38)42-24-14-19(39)13-22-25(24)26(37-28(36-22)43-27(40)29(32,33)34)35-18-5-6-23(21(30)12-18)41-15-16-3-2-4-17(31)11-16/h2-6,11-14,20,39H,7-10,15H2,1H3,(H,35,36,37). The Labute approximate surface area is 248 Å². The number of piperidine rings is 1. The molecule has 2 N–H and O–H groups in total. The van der Waals surface area contributed by atoms with Gasteiger partial charge in [0.15, 0.2) is 0 Å². The quantitative estimate of drug-likeness (QED) is 0.171. The second kappa shape index (κ2) is 12.5. The van der Waals surface area contributed by atoms with Crippen LogP contribution in [0.3, 0.4) is 0 Å². The third kappa shape index (κ3) is 7.54. The van der Waals surface area contributed by atoms with Gasteiger partial charge in [-0.15, -0.1) is 0 Å². The van der Waals surface area contributed by atoms with Crippen molar-refractivity contribution in [2.45, 2.75) is 31.7 Å². The van der Waals surface area contributed by atoms with Gasteiger partial charge in [-0.05, 0) is 55.8 Å². The van der Waals surface area contributed by atoms with Crippen LogP contribution < -0.4 is 19.5 Å². The van der Waals surface area contributed by atoms with Crippen LogP contribution in [-0.2, 0) is 11.4 Å². The van der Waals surface area contributed by atoms with Crippen LogP contribution in [0.4, 0.5) is 29.1 Å². The van der Waals surface area contributed by atoms with Crippen LogP contribution in [0.5, 0.6) is 23.3 Å². The van der Waals surface area contributed by atoms with Gasteiger partial charge in [0.05, 0.1) is 15.9 Å². The highest BCUT2D eigenvalue weighted by molar-refractivity contribution is 6.32. The first-order chi connectivity index (χ1) is 20.4. The molecule has 1 fully saturated rings. The zero-order valence-electron chi connectivity index (χ0n) is 22.6. The lowest BCUT2D eigenvalue weighted by atomic mass is 10.1. The number of likely N-dealkylation sites (tertiary alicyclic amines) is 1. The summed E-state index contributed by atoms with van der Waals surface area (Å²) in [6.45, 7) is 1.62. The normalized spacial score (nSPS) is 14.5. The van der Waals surface area contributed by atoms with E-state index in [1.54, 1.807) is 24.3 Å². The zero-order chi connectivity index (χ0) is 30.7. The highest BCUT2D eigenvalue weighted by atomic mass is 35.5. The molecule has 2 heterocycles. The van der Waals surface area contributed by atoms with E-state index in [2.05, 4.69) is 24.9 Å². The number of nitrogens with one attached hydrogen (secondary N) is 1. The molecule has 0 unspecified atom stereocenters. The number of alkyl halides is 3. The summed E-state index contributed by atoms with van der Waals surface area (Å²) in [6.07, 6.45) is -4.10. The summed E-state index contributed by atoms with van der Waals surface area (Å²) in [5, 5.41) is 13.7. The number of halogens is 5. The Bertz CT molecular complexity index is 1650. The van der Waals surface area contributed by atoms with Gasteiger partial charge in [0.1, 0.15) is 41.6 Å². The van der Waals surface area contributed by atoms with Crippen molar-refractivity contribution in [2.24, 2.45) is 0 Å². The van der Waals surface area contributed by atoms with Gasteiger partial charge >= 0.3 is 18.2 Å². The Morgan fingerprint density at radius 1 is 1.09 bits per heavy atom. The monoisotopic (exact) mass is 620 g/mol. The summed E-state index contributed by atoms with van der Waals surface area (Å²) in [5.41, 5.74) is 0.896. The van der Waals surface area contributed by atoms with E-state index in [1.165, 1.54) is 30.3 Å². The van der Waals surface area contributed by atoms with Crippen LogP contribution in [0.1, 0.15) is 18.4 Å². The smallest absolute Gasteiger partial charge is 0.491 e. The van der Waals surface area contributed by atoms with Gasteiger partial charge in [0, 0.05) is 30.9 Å². The molecule has 4 aromatic rings. The number of rotatable bonds is 8. The maximum absolute atomic E-state index is 13.5. The molecular formula is C29H25ClF4N4O5. The summed E-state index contributed by atoms with van der Waals surface area (Å²) in [6, 6.07) is 12.1. The Hall–Kier alpha value is -4.36. The van der Waals surface area contributed by atoms with Crippen molar-refractivity contribution in [3.05, 3.63) is 71.0 Å². The Balaban J connectivity index is 1.48. The number of carbonyl (C=O) groups excluding carboxylic acids is 1. The molecule has 9 nitrogen and oxygen atoms in total. The average Bonchev–Trinajstić information content (AvgIpc) is 2.93. The molecule has 0 saturated carbocycles. The fourth-order valence-electron chi connectivity index (χ4n) is 4.46. The second-order valence-corrected chi connectivity index (χ2v) is 10.3. The predicted octanol–water partition coefficient (Wildman–Crippen LogP) is 6.39. The summed E-state index contributed by atoms with van der Waals surface area (Å²) in [7, 11) is 1.99. The largest absolute Gasteiger partial charge is 0.508 e. The molecule has 1 aliphatic heterocycles. The molecule has 43 heavy (non-hydrogen) atoms. The molecule has 0 amide bonds. The maximum atomic E-state index is 13.5. The fraction of sp³-hybridized carbons (Fsp3) is 0.276. The lowest BCUT2D eigenvalue weighted by Crippen LogP contribution is -2.35. The number of carbonyl (C=O) groups is 1. The predicted molar refractivity (Wildman–Crippen MR) is 150 cm³/mol. The molecule has 0 spiro atoms. The van der Waals surface area contributed by atoms with Gasteiger partial charge in [0.25, 0.3) is 0 Å². The number of phenolic OH excluding ortho intramolecular Hbond substituents is 1. The van der Waals surface area contributed by atoms with Crippen LogP contribution in [-0.4, -0.2) is 58.4 Å². The average molecular weight is 621 g/mol. The van der Waals surface area contributed by atoms with Crippen LogP contribution in [0.25, 0.3) is 10.9 Å². The first kappa shape index (κ1) is 30.1. The minimum absolute atomic E-state index is 0.0356. The number of esters is 1. The molecule has 1 aliphatic rings. The first-order valence-electron chi connectivity index (χ1n) is 13.1. The van der Waals surface area contributed by atoms with Crippen molar-refractivity contribution >= 4 is 40.0 Å². The molecule has 5 rings (SSSR count). The molecule has 1 saturated heterocycles. The van der Waals surface area contributed by atoms with Crippen molar-refractivity contribution in [3.8, 4) is 23.3 Å². The lowest BCUT2D eigenvalue weighted by Gasteiger charge is -2.29. The number of phenols is 1. The number of hydrogen-bond donors (Lipinski definition) is 2. The zero-order valence-corrected chi connectivity index (χ0v) is 23.4. The molecule has 14 heteroatoms. The van der Waals surface area contributed by atoms with Crippen molar-refractivity contribution in [2.75, 3.05) is 25.5 Å². The molecule has 0 bridgehead atoms. The molecule has 3 aromatic carbocycles. The number of nitrogens with zero attached hydrogens (tertiary/aromatic N) is 3. The van der Waals surface area contributed by atoms with Gasteiger partial charge in [-0.3, -0.25) is 0 Å². The van der Waals surface area contributed by atoms with Crippen molar-refractivity contribution in [1.29, 1.82) is 0 Å². The minimum Gasteiger partial charge on any atom is -0.508 e. The summed E-state index contributed by atoms with van der Waals surface area (Å²) >= 11 is 6.43. The third-order valence-electron chi connectivity index (χ3n) is 6.58. The van der Waals surface area contributed by atoms with E-state index in [0.29, 0.717) is 29.8 Å². The fourth-order valence-corrected chi connectivity index (χ4v) is 4.70. The van der Waals surface area contributed by atoms with Gasteiger partial charge in [0.2, 0.25) is 0 Å². The van der Waals surface area contributed by atoms with Crippen molar-refractivity contribution in [3.63, 3.8) is 0 Å². The lowest BCUT2D eigenvalue weighted by molar-refractivity contribution is -0.190. The van der Waals surface area contributed by atoms with Crippen LogP contribution in [0.15, 0.2) is 54.6 Å². The number of aromatic nitrogens is 2. The first-order valence-corrected chi connectivity index (χ1v) is 13.4. The van der Waals surface area contributed by atoms with E-state index < -0.39 is 24.0 Å². The number of aromatic hydroxyl groups is 1. The number of anilines is 2. The highest BCUT2D eigenvalue weighted by Crippen LogP contribution is 2.39. The van der Waals surface area contributed by atoms with E-state index in [4.69, 9.17) is 21.1 Å². The molecule has 0 radical (unpaired) electrons.